The Morgan fingerprint density at radius 1 is 0.370 bits per heavy atom. The molecule has 0 unspecified atom stereocenters. The predicted molar refractivity (Wildman–Crippen MR) is 230 cm³/mol. The van der Waals surface area contributed by atoms with Gasteiger partial charge in [-0.25, -0.2) is 0 Å². The Bertz CT molecular complexity index is 3050. The van der Waals surface area contributed by atoms with E-state index >= 15 is 0 Å². The van der Waals surface area contributed by atoms with Crippen LogP contribution in [0.5, 0.6) is 0 Å². The molecule has 2 aromatic heterocycles. The summed E-state index contributed by atoms with van der Waals surface area (Å²) in [5.74, 6) is 0. The first-order chi connectivity index (χ1) is 26.3. The molecule has 254 valence electrons. The summed E-state index contributed by atoms with van der Waals surface area (Å²) in [5.41, 5.74) is 26.3. The quantitative estimate of drug-likeness (QED) is 0.147. The van der Waals surface area contributed by atoms with E-state index in [4.69, 9.17) is 0 Å². The lowest BCUT2D eigenvalue weighted by molar-refractivity contribution is 1.29. The Hall–Kier alpha value is -6.13. The molecule has 0 N–H and O–H groups in total. The van der Waals surface area contributed by atoms with Gasteiger partial charge in [-0.15, -0.1) is 0 Å². The highest BCUT2D eigenvalue weighted by Crippen LogP contribution is 2.61. The van der Waals surface area contributed by atoms with Gasteiger partial charge >= 0.3 is 14.0 Å². The van der Waals surface area contributed by atoms with Crippen molar-refractivity contribution in [1.29, 1.82) is 0 Å². The van der Waals surface area contributed by atoms with Crippen LogP contribution in [0.15, 0.2) is 109 Å². The highest BCUT2D eigenvalue weighted by Gasteiger charge is 2.52. The van der Waals surface area contributed by atoms with E-state index in [1.165, 1.54) is 133 Å². The van der Waals surface area contributed by atoms with Crippen molar-refractivity contribution in [3.05, 3.63) is 143 Å². The third-order valence-electron chi connectivity index (χ3n) is 13.1. The number of rotatable bonds is 0. The number of benzene rings is 7. The highest BCUT2D eigenvalue weighted by atomic mass is 15.3. The standard InChI is InChI=1S/C48H36B2N4/c1-25-7-13-37-31(19-25)33-21-27(3)9-15-39(33)51-45-43-36-24-30(6)12-18-42(36)54-48(43)46(44-35-23-29(5)11-17-41(35)53(47(44)45)49(37)51)52-40-16-10-28(4)22-34(40)32-20-26(2)8-14-38(32)50(52)54/h7-24H,1-6H3. The summed E-state index contributed by atoms with van der Waals surface area (Å²) >= 11 is 0. The van der Waals surface area contributed by atoms with Crippen molar-refractivity contribution in [2.45, 2.75) is 41.5 Å². The van der Waals surface area contributed by atoms with Crippen LogP contribution in [0.3, 0.4) is 0 Å². The minimum atomic E-state index is -0.00890. The molecule has 0 spiro atoms. The second-order valence-electron chi connectivity index (χ2n) is 16.6. The molecule has 0 saturated carbocycles. The van der Waals surface area contributed by atoms with Crippen molar-refractivity contribution in [1.82, 2.24) is 8.96 Å². The third-order valence-corrected chi connectivity index (χ3v) is 13.1. The Morgan fingerprint density at radius 3 is 1.15 bits per heavy atom. The monoisotopic (exact) mass is 690 g/mol. The summed E-state index contributed by atoms with van der Waals surface area (Å²) in [6, 6.07) is 42.8. The summed E-state index contributed by atoms with van der Waals surface area (Å²) in [5, 5.41) is 5.39. The number of aryl methyl sites for hydroxylation is 6. The van der Waals surface area contributed by atoms with Crippen LogP contribution in [0.1, 0.15) is 33.4 Å². The van der Waals surface area contributed by atoms with E-state index in [2.05, 4.69) is 169 Å². The fourth-order valence-corrected chi connectivity index (χ4v) is 11.0. The normalized spacial score (nSPS) is 14.3. The molecule has 6 heteroatoms. The number of hydrogen-bond acceptors (Lipinski definition) is 2. The second-order valence-corrected chi connectivity index (χ2v) is 16.6. The van der Waals surface area contributed by atoms with Crippen molar-refractivity contribution in [2.24, 2.45) is 0 Å². The van der Waals surface area contributed by atoms with Crippen molar-refractivity contribution >= 4 is 91.3 Å². The van der Waals surface area contributed by atoms with Crippen LogP contribution >= 0.6 is 0 Å². The molecular weight excluding hydrogens is 654 g/mol. The van der Waals surface area contributed by atoms with E-state index in [1.807, 2.05) is 0 Å². The number of hydrogen-bond donors (Lipinski definition) is 0. The first-order valence-electron chi connectivity index (χ1n) is 19.3. The number of anilines is 4. The molecule has 54 heavy (non-hydrogen) atoms. The lowest BCUT2D eigenvalue weighted by Gasteiger charge is -2.36. The Labute approximate surface area is 315 Å². The smallest absolute Gasteiger partial charge is 0.359 e. The molecule has 13 rings (SSSR count). The summed E-state index contributed by atoms with van der Waals surface area (Å²) < 4.78 is 5.41. The van der Waals surface area contributed by atoms with E-state index in [0.717, 1.165) is 0 Å². The topological polar surface area (TPSA) is 16.3 Å². The van der Waals surface area contributed by atoms with Crippen molar-refractivity contribution < 1.29 is 0 Å². The Balaban J connectivity index is 1.29. The van der Waals surface area contributed by atoms with E-state index in [9.17, 15) is 0 Å². The molecule has 0 fully saturated rings. The number of fused-ring (bicyclic) bond motifs is 24. The zero-order chi connectivity index (χ0) is 36.0. The van der Waals surface area contributed by atoms with Crippen LogP contribution < -0.4 is 20.5 Å². The highest BCUT2D eigenvalue weighted by molar-refractivity contribution is 6.85. The molecule has 4 aliphatic rings. The van der Waals surface area contributed by atoms with Crippen LogP contribution in [0.4, 0.5) is 22.7 Å². The molecule has 0 atom stereocenters. The van der Waals surface area contributed by atoms with Gasteiger partial charge in [-0.2, -0.15) is 0 Å². The lowest BCUT2D eigenvalue weighted by atomic mass is 9.60. The molecule has 4 aliphatic heterocycles. The molecule has 0 radical (unpaired) electrons. The molecule has 6 heterocycles. The summed E-state index contributed by atoms with van der Waals surface area (Å²) in [7, 11) is 0. The minimum absolute atomic E-state index is 0.00890. The van der Waals surface area contributed by atoms with Crippen molar-refractivity contribution in [2.75, 3.05) is 9.62 Å². The van der Waals surface area contributed by atoms with Crippen molar-refractivity contribution in [3.63, 3.8) is 0 Å². The first-order valence-corrected chi connectivity index (χ1v) is 19.3. The fourth-order valence-electron chi connectivity index (χ4n) is 11.0. The van der Waals surface area contributed by atoms with Crippen LogP contribution in [0, 0.1) is 41.5 Å². The Morgan fingerprint density at radius 2 is 0.722 bits per heavy atom. The van der Waals surface area contributed by atoms with E-state index in [-0.39, 0.29) is 14.0 Å². The zero-order valence-electron chi connectivity index (χ0n) is 31.3. The van der Waals surface area contributed by atoms with Gasteiger partial charge in [0.2, 0.25) is 0 Å². The molecule has 0 bridgehead atoms. The zero-order valence-corrected chi connectivity index (χ0v) is 31.3. The van der Waals surface area contributed by atoms with Gasteiger partial charge in [0.05, 0.1) is 22.4 Å². The largest absolute Gasteiger partial charge is 0.421 e. The molecule has 7 aromatic carbocycles. The van der Waals surface area contributed by atoms with Crippen LogP contribution in [0.25, 0.3) is 65.9 Å². The Kier molecular flexibility index (Phi) is 5.16. The van der Waals surface area contributed by atoms with Gasteiger partial charge in [-0.1, -0.05) is 94.0 Å². The lowest BCUT2D eigenvalue weighted by Crippen LogP contribution is -2.51. The van der Waals surface area contributed by atoms with E-state index < -0.39 is 0 Å². The van der Waals surface area contributed by atoms with Gasteiger partial charge in [-0.05, 0) is 112 Å². The molecule has 9 aromatic rings. The average Bonchev–Trinajstić information content (AvgIpc) is 3.87. The third kappa shape index (κ3) is 3.28. The summed E-state index contributed by atoms with van der Waals surface area (Å²) in [4.78, 5) is 5.43. The van der Waals surface area contributed by atoms with Gasteiger partial charge < -0.3 is 18.6 Å². The first kappa shape index (κ1) is 29.3. The maximum Gasteiger partial charge on any atom is 0.421 e. The van der Waals surface area contributed by atoms with Gasteiger partial charge in [-0.3, -0.25) is 0 Å². The summed E-state index contributed by atoms with van der Waals surface area (Å²) in [6.07, 6.45) is 0. The molecule has 0 amide bonds. The number of aromatic nitrogens is 2. The van der Waals surface area contributed by atoms with Gasteiger partial charge in [0.25, 0.3) is 0 Å². The van der Waals surface area contributed by atoms with Gasteiger partial charge in [0.1, 0.15) is 0 Å². The second kappa shape index (κ2) is 9.50. The van der Waals surface area contributed by atoms with Crippen LogP contribution in [0.2, 0.25) is 0 Å². The van der Waals surface area contributed by atoms with E-state index in [1.54, 1.807) is 0 Å². The van der Waals surface area contributed by atoms with Crippen LogP contribution in [-0.2, 0) is 0 Å². The molecule has 0 aliphatic carbocycles. The average molecular weight is 690 g/mol. The van der Waals surface area contributed by atoms with Crippen molar-refractivity contribution in [3.8, 4) is 22.3 Å². The molecule has 4 nitrogen and oxygen atoms in total. The van der Waals surface area contributed by atoms with Crippen LogP contribution in [-0.4, -0.2) is 22.9 Å². The van der Waals surface area contributed by atoms with Gasteiger partial charge in [0, 0.05) is 55.1 Å². The molecule has 0 saturated heterocycles. The summed E-state index contributed by atoms with van der Waals surface area (Å²) in [6.45, 7) is 13.4. The fraction of sp³-hybridized carbons (Fsp3) is 0.125. The minimum Gasteiger partial charge on any atom is -0.359 e. The van der Waals surface area contributed by atoms with E-state index in [0.29, 0.717) is 0 Å². The maximum atomic E-state index is 2.71. The molecular formula is C48H36B2N4. The SMILES string of the molecule is Cc1ccc2c(c1)-c1cc(C)ccc1N1B2n2c3ccc(C)cc3c3c4c5c(c1c32)c1cc(C)ccc1n5B1c2ccc(C)cc2-c2cc(C)ccc2N14. The predicted octanol–water partition coefficient (Wildman–Crippen LogP) is 10.5. The maximum absolute atomic E-state index is 2.71. The van der Waals surface area contributed by atoms with Gasteiger partial charge in [0.15, 0.2) is 0 Å². The number of nitrogens with zero attached hydrogens (tertiary/aromatic N) is 4.